The van der Waals surface area contributed by atoms with Crippen LogP contribution in [0, 0.1) is 6.92 Å². The predicted octanol–water partition coefficient (Wildman–Crippen LogP) is 4.90. The molecule has 1 aliphatic heterocycles. The van der Waals surface area contributed by atoms with Gasteiger partial charge >= 0.3 is 0 Å². The summed E-state index contributed by atoms with van der Waals surface area (Å²) in [6, 6.07) is 13.3. The second-order valence-electron chi connectivity index (χ2n) is 9.06. The van der Waals surface area contributed by atoms with Crippen molar-refractivity contribution in [1.29, 1.82) is 0 Å². The van der Waals surface area contributed by atoms with E-state index in [4.69, 9.17) is 10.5 Å². The van der Waals surface area contributed by atoms with Crippen LogP contribution < -0.4 is 10.5 Å². The molecule has 0 bridgehead atoms. The van der Waals surface area contributed by atoms with Gasteiger partial charge in [-0.15, -0.1) is 0 Å². The largest absolute Gasteiger partial charge is 0.439 e. The van der Waals surface area contributed by atoms with Crippen molar-refractivity contribution in [3.63, 3.8) is 0 Å². The number of nitrogen functional groups attached to an aromatic ring is 1. The van der Waals surface area contributed by atoms with Crippen LogP contribution in [0.5, 0.6) is 11.6 Å². The number of aromatic nitrogens is 4. The minimum absolute atomic E-state index is 0.0559. The van der Waals surface area contributed by atoms with Crippen LogP contribution in [0.2, 0.25) is 0 Å². The van der Waals surface area contributed by atoms with Crippen molar-refractivity contribution in [2.75, 3.05) is 12.3 Å². The lowest BCUT2D eigenvalue weighted by Crippen LogP contribution is -2.35. The monoisotopic (exact) mass is 480 g/mol. The summed E-state index contributed by atoms with van der Waals surface area (Å²) in [6.45, 7) is 10.0. The highest BCUT2D eigenvalue weighted by Crippen LogP contribution is 2.42. The Morgan fingerprint density at radius 2 is 1.92 bits per heavy atom. The van der Waals surface area contributed by atoms with E-state index < -0.39 is 0 Å². The third-order valence-corrected chi connectivity index (χ3v) is 6.55. The van der Waals surface area contributed by atoms with E-state index in [1.165, 1.54) is 6.33 Å². The average molecular weight is 481 g/mol. The van der Waals surface area contributed by atoms with Gasteiger partial charge in [0.05, 0.1) is 17.1 Å². The number of ether oxygens (including phenoxy) is 1. The van der Waals surface area contributed by atoms with Crippen molar-refractivity contribution in [3.05, 3.63) is 78.4 Å². The number of carbonyl (C=O) groups is 1. The van der Waals surface area contributed by atoms with Gasteiger partial charge in [0.1, 0.15) is 23.5 Å². The second-order valence-corrected chi connectivity index (χ2v) is 9.06. The number of hydrogen-bond acceptors (Lipinski definition) is 6. The Balaban J connectivity index is 1.60. The van der Waals surface area contributed by atoms with Crippen LogP contribution >= 0.6 is 0 Å². The molecule has 4 heterocycles. The number of amides is 1. The summed E-state index contributed by atoms with van der Waals surface area (Å²) >= 11 is 0. The zero-order valence-electron chi connectivity index (χ0n) is 20.8. The molecule has 2 N–H and O–H groups in total. The SMILES string of the molecule is C=C(C)C(=O)N1CC=C(c2c(-c3ccc(Oc4cccc(C)n4)cc3)c3c(N)ncnc3n2C)[C@@H]1C. The van der Waals surface area contributed by atoms with Crippen molar-refractivity contribution in [3.8, 4) is 22.8 Å². The number of aryl methyl sites for hydroxylation is 2. The van der Waals surface area contributed by atoms with Crippen LogP contribution in [0.15, 0.2) is 67.0 Å². The van der Waals surface area contributed by atoms with Crippen molar-refractivity contribution in [2.24, 2.45) is 7.05 Å². The number of nitrogens with zero attached hydrogens (tertiary/aromatic N) is 5. The number of carbonyl (C=O) groups excluding carboxylic acids is 1. The third kappa shape index (κ3) is 3.90. The summed E-state index contributed by atoms with van der Waals surface area (Å²) in [5, 5.41) is 0.779. The molecule has 1 amide bonds. The normalized spacial score (nSPS) is 15.3. The molecule has 0 saturated heterocycles. The molecule has 36 heavy (non-hydrogen) atoms. The van der Waals surface area contributed by atoms with E-state index in [0.717, 1.165) is 39.1 Å². The highest BCUT2D eigenvalue weighted by atomic mass is 16.5. The first kappa shape index (κ1) is 23.3. The molecule has 4 aromatic rings. The van der Waals surface area contributed by atoms with E-state index in [1.807, 2.05) is 72.8 Å². The molecule has 8 heteroatoms. The quantitative estimate of drug-likeness (QED) is 0.408. The molecule has 0 spiro atoms. The summed E-state index contributed by atoms with van der Waals surface area (Å²) in [4.78, 5) is 27.8. The number of rotatable bonds is 5. The Morgan fingerprint density at radius 1 is 1.17 bits per heavy atom. The van der Waals surface area contributed by atoms with Gasteiger partial charge in [-0.05, 0) is 50.1 Å². The van der Waals surface area contributed by atoms with Crippen LogP contribution in [0.1, 0.15) is 25.2 Å². The van der Waals surface area contributed by atoms with Gasteiger partial charge in [-0.2, -0.15) is 0 Å². The molecule has 0 unspecified atom stereocenters. The molecule has 1 atom stereocenters. The Labute approximate surface area is 209 Å². The summed E-state index contributed by atoms with van der Waals surface area (Å²) in [6.07, 6.45) is 3.56. The van der Waals surface area contributed by atoms with Crippen LogP contribution in [-0.4, -0.2) is 42.9 Å². The zero-order valence-corrected chi connectivity index (χ0v) is 20.8. The van der Waals surface area contributed by atoms with Gasteiger partial charge in [-0.3, -0.25) is 4.79 Å². The van der Waals surface area contributed by atoms with Gasteiger partial charge < -0.3 is 19.9 Å². The smallest absolute Gasteiger partial charge is 0.249 e. The van der Waals surface area contributed by atoms with E-state index in [1.54, 1.807) is 6.92 Å². The van der Waals surface area contributed by atoms with Crippen LogP contribution in [0.4, 0.5) is 5.82 Å². The maximum Gasteiger partial charge on any atom is 0.249 e. The van der Waals surface area contributed by atoms with Gasteiger partial charge in [0.25, 0.3) is 0 Å². The van der Waals surface area contributed by atoms with Crippen molar-refractivity contribution in [2.45, 2.75) is 26.8 Å². The lowest BCUT2D eigenvalue weighted by molar-refractivity contribution is -0.127. The topological polar surface area (TPSA) is 99.2 Å². The van der Waals surface area contributed by atoms with Crippen LogP contribution in [-0.2, 0) is 11.8 Å². The molecule has 5 rings (SSSR count). The summed E-state index contributed by atoms with van der Waals surface area (Å²) in [5.74, 6) is 1.56. The lowest BCUT2D eigenvalue weighted by Gasteiger charge is -2.25. The number of pyridine rings is 1. The Hall–Kier alpha value is -4.46. The lowest BCUT2D eigenvalue weighted by atomic mass is 9.96. The second kappa shape index (κ2) is 8.96. The summed E-state index contributed by atoms with van der Waals surface area (Å²) in [5.41, 5.74) is 12.4. The minimum atomic E-state index is -0.139. The highest BCUT2D eigenvalue weighted by Gasteiger charge is 2.33. The molecule has 3 aromatic heterocycles. The van der Waals surface area contributed by atoms with E-state index in [0.29, 0.717) is 29.6 Å². The number of fused-ring (bicyclic) bond motifs is 1. The van der Waals surface area contributed by atoms with Crippen molar-refractivity contribution < 1.29 is 9.53 Å². The fraction of sp³-hybridized carbons (Fsp3) is 0.214. The molecular formula is C28H28N6O2. The molecule has 1 aromatic carbocycles. The molecule has 182 valence electrons. The zero-order chi connectivity index (χ0) is 25.6. The highest BCUT2D eigenvalue weighted by molar-refractivity contribution is 6.07. The first-order valence-electron chi connectivity index (χ1n) is 11.7. The number of anilines is 1. The third-order valence-electron chi connectivity index (χ3n) is 6.55. The fourth-order valence-electron chi connectivity index (χ4n) is 4.77. The van der Waals surface area contributed by atoms with E-state index in [2.05, 4.69) is 27.6 Å². The summed E-state index contributed by atoms with van der Waals surface area (Å²) < 4.78 is 7.98. The molecule has 0 fully saturated rings. The van der Waals surface area contributed by atoms with E-state index >= 15 is 0 Å². The maximum atomic E-state index is 12.7. The molecule has 0 radical (unpaired) electrons. The number of benzene rings is 1. The molecule has 0 saturated carbocycles. The van der Waals surface area contributed by atoms with Gasteiger partial charge in [0.15, 0.2) is 0 Å². The van der Waals surface area contributed by atoms with Crippen LogP contribution in [0.25, 0.3) is 27.7 Å². The van der Waals surface area contributed by atoms with E-state index in [-0.39, 0.29) is 11.9 Å². The number of nitrogens with two attached hydrogens (primary N) is 1. The van der Waals surface area contributed by atoms with Gasteiger partial charge in [0.2, 0.25) is 11.8 Å². The van der Waals surface area contributed by atoms with Gasteiger partial charge in [0, 0.05) is 36.5 Å². The molecular weight excluding hydrogens is 452 g/mol. The molecule has 8 nitrogen and oxygen atoms in total. The minimum Gasteiger partial charge on any atom is -0.439 e. The standard InChI is InChI=1S/C28H28N6O2/c1-16(2)28(35)34-14-13-21(18(34)4)25-23(24-26(29)30-15-31-27(24)33(25)5)19-9-11-20(12-10-19)36-22-8-6-7-17(3)32-22/h6-13,15,18H,1,14H2,2-5H3,(H2,29,30,31)/t18-/m0/s1. The van der Waals surface area contributed by atoms with E-state index in [9.17, 15) is 4.79 Å². The van der Waals surface area contributed by atoms with Crippen LogP contribution in [0.3, 0.4) is 0 Å². The Morgan fingerprint density at radius 3 is 2.61 bits per heavy atom. The number of hydrogen-bond donors (Lipinski definition) is 1. The average Bonchev–Trinajstić information content (AvgIpc) is 3.37. The van der Waals surface area contributed by atoms with Gasteiger partial charge in [-0.1, -0.05) is 30.9 Å². The molecule has 1 aliphatic rings. The van der Waals surface area contributed by atoms with Crippen molar-refractivity contribution in [1.82, 2.24) is 24.4 Å². The first-order chi connectivity index (χ1) is 17.3. The van der Waals surface area contributed by atoms with Gasteiger partial charge in [-0.25, -0.2) is 15.0 Å². The van der Waals surface area contributed by atoms with Crippen molar-refractivity contribution >= 4 is 28.3 Å². The summed E-state index contributed by atoms with van der Waals surface area (Å²) in [7, 11) is 1.96. The maximum absolute atomic E-state index is 12.7. The molecule has 0 aliphatic carbocycles. The fourth-order valence-corrected chi connectivity index (χ4v) is 4.77. The predicted molar refractivity (Wildman–Crippen MR) is 141 cm³/mol. The first-order valence-corrected chi connectivity index (χ1v) is 11.7. The Kier molecular flexibility index (Phi) is 5.80. The Bertz CT molecular complexity index is 1530.